The Bertz CT molecular complexity index is 319. The van der Waals surface area contributed by atoms with Gasteiger partial charge < -0.3 is 14.9 Å². The molecule has 5 nitrogen and oxygen atoms in total. The number of aliphatic carboxylic acids is 1. The molecule has 1 saturated heterocycles. The third-order valence-electron chi connectivity index (χ3n) is 3.95. The fraction of sp³-hybridized carbons (Fsp3) is 0.833. The van der Waals surface area contributed by atoms with E-state index in [1.54, 1.807) is 7.05 Å². The summed E-state index contributed by atoms with van der Waals surface area (Å²) in [6.07, 6.45) is 5.84. The van der Waals surface area contributed by atoms with Crippen molar-refractivity contribution in [3.63, 3.8) is 0 Å². The van der Waals surface area contributed by atoms with Gasteiger partial charge in [0.25, 0.3) is 0 Å². The number of likely N-dealkylation sites (N-methyl/N-ethyl adjacent to an activating group) is 1. The van der Waals surface area contributed by atoms with Gasteiger partial charge in [-0.1, -0.05) is 12.8 Å². The van der Waals surface area contributed by atoms with Crippen LogP contribution in [0, 0.1) is 5.92 Å². The molecular formula is C12H20N2O3. The van der Waals surface area contributed by atoms with Crippen molar-refractivity contribution in [1.82, 2.24) is 9.80 Å². The van der Waals surface area contributed by atoms with E-state index in [2.05, 4.69) is 0 Å². The molecule has 17 heavy (non-hydrogen) atoms. The Balaban J connectivity index is 1.97. The highest BCUT2D eigenvalue weighted by atomic mass is 16.4. The Hall–Kier alpha value is -1.26. The number of fused-ring (bicyclic) bond motifs is 1. The molecule has 1 saturated carbocycles. The molecule has 1 N–H and O–H groups in total. The van der Waals surface area contributed by atoms with Crippen LogP contribution >= 0.6 is 0 Å². The van der Waals surface area contributed by atoms with Gasteiger partial charge in [-0.25, -0.2) is 4.79 Å². The minimum atomic E-state index is -0.958. The summed E-state index contributed by atoms with van der Waals surface area (Å²) >= 11 is 0. The zero-order chi connectivity index (χ0) is 12.4. The fourth-order valence-corrected chi connectivity index (χ4v) is 3.13. The number of carboxylic acids is 1. The second-order valence-corrected chi connectivity index (χ2v) is 5.13. The lowest BCUT2D eigenvalue weighted by molar-refractivity contribution is -0.137. The normalized spacial score (nSPS) is 27.7. The van der Waals surface area contributed by atoms with E-state index in [4.69, 9.17) is 5.11 Å². The van der Waals surface area contributed by atoms with E-state index in [9.17, 15) is 9.59 Å². The quantitative estimate of drug-likeness (QED) is 0.793. The zero-order valence-corrected chi connectivity index (χ0v) is 10.3. The van der Waals surface area contributed by atoms with Crippen molar-refractivity contribution in [2.24, 2.45) is 5.92 Å². The number of carboxylic acid groups (broad SMARTS) is 1. The monoisotopic (exact) mass is 240 g/mol. The summed E-state index contributed by atoms with van der Waals surface area (Å²) < 4.78 is 0. The lowest BCUT2D eigenvalue weighted by Crippen LogP contribution is -2.47. The van der Waals surface area contributed by atoms with Crippen molar-refractivity contribution in [2.45, 2.75) is 38.1 Å². The molecule has 2 unspecified atom stereocenters. The summed E-state index contributed by atoms with van der Waals surface area (Å²) in [7, 11) is 1.56. The molecule has 2 amide bonds. The van der Waals surface area contributed by atoms with Gasteiger partial charge in [0.2, 0.25) is 0 Å². The summed E-state index contributed by atoms with van der Waals surface area (Å²) in [5.41, 5.74) is 0. The Kier molecular flexibility index (Phi) is 3.54. The molecule has 0 aromatic carbocycles. The molecule has 5 heteroatoms. The molecule has 1 heterocycles. The average molecular weight is 240 g/mol. The van der Waals surface area contributed by atoms with Crippen molar-refractivity contribution in [2.75, 3.05) is 20.1 Å². The van der Waals surface area contributed by atoms with Gasteiger partial charge >= 0.3 is 12.0 Å². The predicted molar refractivity (Wildman–Crippen MR) is 62.7 cm³/mol. The molecule has 0 radical (unpaired) electrons. The number of rotatable bonds is 2. The molecule has 2 rings (SSSR count). The van der Waals surface area contributed by atoms with Crippen LogP contribution in [0.2, 0.25) is 0 Å². The van der Waals surface area contributed by atoms with Crippen molar-refractivity contribution in [3.05, 3.63) is 0 Å². The molecule has 0 bridgehead atoms. The average Bonchev–Trinajstić information content (AvgIpc) is 2.70. The largest absolute Gasteiger partial charge is 0.480 e. The van der Waals surface area contributed by atoms with Crippen LogP contribution in [0.15, 0.2) is 0 Å². The van der Waals surface area contributed by atoms with E-state index in [1.807, 2.05) is 4.90 Å². The lowest BCUT2D eigenvalue weighted by Gasteiger charge is -2.33. The van der Waals surface area contributed by atoms with Crippen LogP contribution in [-0.4, -0.2) is 53.1 Å². The predicted octanol–water partition coefficient (Wildman–Crippen LogP) is 1.39. The first-order chi connectivity index (χ1) is 8.09. The Morgan fingerprint density at radius 3 is 2.71 bits per heavy atom. The van der Waals surface area contributed by atoms with Gasteiger partial charge in [0.1, 0.15) is 6.54 Å². The first-order valence-corrected chi connectivity index (χ1v) is 6.33. The number of urea groups is 1. The van der Waals surface area contributed by atoms with Crippen molar-refractivity contribution in [3.8, 4) is 0 Å². The van der Waals surface area contributed by atoms with Crippen LogP contribution < -0.4 is 0 Å². The Morgan fingerprint density at radius 1 is 1.29 bits per heavy atom. The molecule has 0 aromatic heterocycles. The van der Waals surface area contributed by atoms with Gasteiger partial charge in [0, 0.05) is 19.6 Å². The van der Waals surface area contributed by atoms with E-state index in [-0.39, 0.29) is 12.6 Å². The van der Waals surface area contributed by atoms with Gasteiger partial charge in [0.15, 0.2) is 0 Å². The fourth-order valence-electron chi connectivity index (χ4n) is 3.13. The lowest BCUT2D eigenvalue weighted by atomic mass is 9.85. The maximum absolute atomic E-state index is 12.1. The van der Waals surface area contributed by atoms with E-state index >= 15 is 0 Å². The van der Waals surface area contributed by atoms with E-state index in [0.717, 1.165) is 19.4 Å². The maximum atomic E-state index is 12.1. The number of carbonyl (C=O) groups excluding carboxylic acids is 1. The number of likely N-dealkylation sites (tertiary alicyclic amines) is 1. The standard InChI is InChI=1S/C12H20N2O3/c1-13(8-11(15)16)12(17)14-7-6-9-4-2-3-5-10(9)14/h9-10H,2-8H2,1H3,(H,15,16). The molecule has 1 aliphatic heterocycles. The van der Waals surface area contributed by atoms with Crippen molar-refractivity contribution >= 4 is 12.0 Å². The summed E-state index contributed by atoms with van der Waals surface area (Å²) in [5.74, 6) is -0.314. The van der Waals surface area contributed by atoms with Crippen molar-refractivity contribution in [1.29, 1.82) is 0 Å². The van der Waals surface area contributed by atoms with E-state index in [0.29, 0.717) is 12.0 Å². The van der Waals surface area contributed by atoms with Gasteiger partial charge in [-0.15, -0.1) is 0 Å². The molecule has 96 valence electrons. The summed E-state index contributed by atoms with van der Waals surface area (Å²) in [6, 6.07) is 0.231. The molecule has 0 spiro atoms. The first kappa shape index (κ1) is 12.2. The number of carbonyl (C=O) groups is 2. The zero-order valence-electron chi connectivity index (χ0n) is 10.3. The van der Waals surface area contributed by atoms with Gasteiger partial charge in [-0.05, 0) is 25.2 Å². The maximum Gasteiger partial charge on any atom is 0.323 e. The number of hydrogen-bond acceptors (Lipinski definition) is 2. The second kappa shape index (κ2) is 4.94. The second-order valence-electron chi connectivity index (χ2n) is 5.13. The molecular weight excluding hydrogens is 220 g/mol. The van der Waals surface area contributed by atoms with Crippen LogP contribution in [0.4, 0.5) is 4.79 Å². The summed E-state index contributed by atoms with van der Waals surface area (Å²) in [4.78, 5) is 25.9. The van der Waals surface area contributed by atoms with Gasteiger partial charge in [-0.3, -0.25) is 4.79 Å². The van der Waals surface area contributed by atoms with Crippen molar-refractivity contribution < 1.29 is 14.7 Å². The minimum Gasteiger partial charge on any atom is -0.480 e. The summed E-state index contributed by atoms with van der Waals surface area (Å²) in [5, 5.41) is 8.70. The molecule has 1 aliphatic carbocycles. The minimum absolute atomic E-state index is 0.123. The highest BCUT2D eigenvalue weighted by molar-refractivity contribution is 5.80. The number of nitrogens with zero attached hydrogens (tertiary/aromatic N) is 2. The van der Waals surface area contributed by atoms with Crippen LogP contribution in [0.25, 0.3) is 0 Å². The highest BCUT2D eigenvalue weighted by Gasteiger charge is 2.39. The third-order valence-corrected chi connectivity index (χ3v) is 3.95. The van der Waals surface area contributed by atoms with E-state index in [1.165, 1.54) is 24.2 Å². The van der Waals surface area contributed by atoms with Crippen LogP contribution in [0.1, 0.15) is 32.1 Å². The Morgan fingerprint density at radius 2 is 2.00 bits per heavy atom. The smallest absolute Gasteiger partial charge is 0.323 e. The van der Waals surface area contributed by atoms with Gasteiger partial charge in [-0.2, -0.15) is 0 Å². The molecule has 2 fully saturated rings. The molecule has 0 aromatic rings. The topological polar surface area (TPSA) is 60.9 Å². The molecule has 2 atom stereocenters. The summed E-state index contributed by atoms with van der Waals surface area (Å²) in [6.45, 7) is 0.574. The number of amides is 2. The first-order valence-electron chi connectivity index (χ1n) is 6.33. The third kappa shape index (κ3) is 2.53. The molecule has 2 aliphatic rings. The van der Waals surface area contributed by atoms with Gasteiger partial charge in [0.05, 0.1) is 0 Å². The van der Waals surface area contributed by atoms with Crippen LogP contribution in [0.3, 0.4) is 0 Å². The van der Waals surface area contributed by atoms with E-state index < -0.39 is 5.97 Å². The van der Waals surface area contributed by atoms with Crippen LogP contribution in [-0.2, 0) is 4.79 Å². The van der Waals surface area contributed by atoms with Crippen LogP contribution in [0.5, 0.6) is 0 Å². The Labute approximate surface area is 101 Å². The SMILES string of the molecule is CN(CC(=O)O)C(=O)N1CCC2CCCCC21. The number of hydrogen-bond donors (Lipinski definition) is 1. The highest BCUT2D eigenvalue weighted by Crippen LogP contribution is 2.36.